The van der Waals surface area contributed by atoms with Crippen molar-refractivity contribution in [1.82, 2.24) is 9.97 Å². The molecule has 0 saturated carbocycles. The molecule has 0 aliphatic carbocycles. The summed E-state index contributed by atoms with van der Waals surface area (Å²) in [5.41, 5.74) is 3.22. The van der Waals surface area contributed by atoms with Crippen molar-refractivity contribution in [2.75, 3.05) is 23.3 Å². The van der Waals surface area contributed by atoms with E-state index in [4.69, 9.17) is 0 Å². The van der Waals surface area contributed by atoms with Crippen LogP contribution in [0.2, 0.25) is 0 Å². The maximum absolute atomic E-state index is 12.7. The van der Waals surface area contributed by atoms with E-state index in [1.165, 1.54) is 6.92 Å². The topological polar surface area (TPSA) is 75.2 Å². The number of anilines is 2. The highest BCUT2D eigenvalue weighted by atomic mass is 16.2. The van der Waals surface area contributed by atoms with E-state index in [-0.39, 0.29) is 17.6 Å². The van der Waals surface area contributed by atoms with Gasteiger partial charge in [-0.3, -0.25) is 9.59 Å². The molecule has 0 bridgehead atoms. The number of amides is 1. The van der Waals surface area contributed by atoms with Crippen LogP contribution in [-0.4, -0.2) is 34.7 Å². The summed E-state index contributed by atoms with van der Waals surface area (Å²) in [5, 5.41) is 2.96. The minimum absolute atomic E-state index is 0.00279. The van der Waals surface area contributed by atoms with Gasteiger partial charge in [0.1, 0.15) is 12.1 Å². The fraction of sp³-hybridized carbons (Fsp3) is 0.250. The van der Waals surface area contributed by atoms with Gasteiger partial charge in [0.15, 0.2) is 5.78 Å². The highest BCUT2D eigenvalue weighted by Gasteiger charge is 2.26. The molecular weight excluding hydrogens is 376 g/mol. The first-order valence-electron chi connectivity index (χ1n) is 10.1. The molecule has 1 fully saturated rings. The molecule has 2 aromatic carbocycles. The Bertz CT molecular complexity index is 1040. The van der Waals surface area contributed by atoms with Crippen molar-refractivity contribution in [3.63, 3.8) is 0 Å². The summed E-state index contributed by atoms with van der Waals surface area (Å²) in [4.78, 5) is 35.3. The lowest BCUT2D eigenvalue weighted by Crippen LogP contribution is -2.38. The fourth-order valence-corrected chi connectivity index (χ4v) is 3.72. The first kappa shape index (κ1) is 19.8. The summed E-state index contributed by atoms with van der Waals surface area (Å²) < 4.78 is 0. The third-order valence-corrected chi connectivity index (χ3v) is 5.45. The second kappa shape index (κ2) is 8.86. The lowest BCUT2D eigenvalue weighted by atomic mass is 9.95. The van der Waals surface area contributed by atoms with Gasteiger partial charge in [-0.1, -0.05) is 42.5 Å². The van der Waals surface area contributed by atoms with Crippen LogP contribution in [0.1, 0.15) is 30.1 Å². The van der Waals surface area contributed by atoms with Crippen molar-refractivity contribution in [3.8, 4) is 11.3 Å². The van der Waals surface area contributed by atoms with Gasteiger partial charge in [0.2, 0.25) is 5.91 Å². The first-order chi connectivity index (χ1) is 14.6. The molecule has 4 rings (SSSR count). The molecule has 1 aliphatic heterocycles. The molecule has 3 aromatic rings. The van der Waals surface area contributed by atoms with E-state index in [0.29, 0.717) is 11.3 Å². The van der Waals surface area contributed by atoms with Gasteiger partial charge >= 0.3 is 0 Å². The Hall–Kier alpha value is -3.54. The van der Waals surface area contributed by atoms with E-state index in [1.807, 2.05) is 42.5 Å². The highest BCUT2D eigenvalue weighted by Crippen LogP contribution is 2.26. The van der Waals surface area contributed by atoms with Crippen molar-refractivity contribution in [3.05, 3.63) is 72.6 Å². The molecule has 6 heteroatoms. The van der Waals surface area contributed by atoms with Crippen molar-refractivity contribution in [2.24, 2.45) is 5.92 Å². The van der Waals surface area contributed by atoms with Crippen LogP contribution in [0.15, 0.2) is 67.0 Å². The minimum Gasteiger partial charge on any atom is -0.356 e. The smallest absolute Gasteiger partial charge is 0.227 e. The largest absolute Gasteiger partial charge is 0.356 e. The number of hydrogen-bond donors (Lipinski definition) is 1. The van der Waals surface area contributed by atoms with Gasteiger partial charge < -0.3 is 10.2 Å². The number of rotatable bonds is 5. The van der Waals surface area contributed by atoms with Gasteiger partial charge in [-0.05, 0) is 31.9 Å². The van der Waals surface area contributed by atoms with E-state index in [9.17, 15) is 9.59 Å². The number of nitrogens with zero attached hydrogens (tertiary/aromatic N) is 3. The van der Waals surface area contributed by atoms with Gasteiger partial charge in [0.05, 0.1) is 5.69 Å². The number of carbonyl (C=O) groups is 2. The van der Waals surface area contributed by atoms with Gasteiger partial charge in [0.25, 0.3) is 0 Å². The SMILES string of the molecule is CC(=O)c1cccc(NC(=O)C2CCN(c3cc(-c4ccccc4)ncn3)CC2)c1. The summed E-state index contributed by atoms with van der Waals surface area (Å²) in [5.74, 6) is 0.816. The third kappa shape index (κ3) is 4.54. The molecule has 152 valence electrons. The summed E-state index contributed by atoms with van der Waals surface area (Å²) in [6.07, 6.45) is 3.10. The van der Waals surface area contributed by atoms with E-state index in [2.05, 4.69) is 20.2 Å². The van der Waals surface area contributed by atoms with Gasteiger partial charge in [0, 0.05) is 41.9 Å². The van der Waals surface area contributed by atoms with Crippen LogP contribution in [-0.2, 0) is 4.79 Å². The second-order valence-electron chi connectivity index (χ2n) is 7.52. The third-order valence-electron chi connectivity index (χ3n) is 5.45. The maximum atomic E-state index is 12.7. The van der Waals surface area contributed by atoms with Crippen LogP contribution in [0.4, 0.5) is 11.5 Å². The molecule has 0 atom stereocenters. The predicted molar refractivity (Wildman–Crippen MR) is 117 cm³/mol. The predicted octanol–water partition coefficient (Wildman–Crippen LogP) is 4.20. The Balaban J connectivity index is 1.38. The average Bonchev–Trinajstić information content (AvgIpc) is 2.80. The van der Waals surface area contributed by atoms with E-state index < -0.39 is 0 Å². The zero-order chi connectivity index (χ0) is 20.9. The van der Waals surface area contributed by atoms with Crippen LogP contribution >= 0.6 is 0 Å². The molecule has 0 radical (unpaired) electrons. The molecule has 2 heterocycles. The number of carbonyl (C=O) groups excluding carboxylic acids is 2. The van der Waals surface area contributed by atoms with Gasteiger partial charge in [-0.2, -0.15) is 0 Å². The summed E-state index contributed by atoms with van der Waals surface area (Å²) in [6, 6.07) is 19.1. The Kier molecular flexibility index (Phi) is 5.84. The first-order valence-corrected chi connectivity index (χ1v) is 10.1. The molecule has 30 heavy (non-hydrogen) atoms. The quantitative estimate of drug-likeness (QED) is 0.650. The van der Waals surface area contributed by atoms with Crippen LogP contribution in [0.25, 0.3) is 11.3 Å². The van der Waals surface area contributed by atoms with Gasteiger partial charge in [-0.15, -0.1) is 0 Å². The number of ketones is 1. The molecule has 1 N–H and O–H groups in total. The molecule has 1 amide bonds. The fourth-order valence-electron chi connectivity index (χ4n) is 3.72. The standard InChI is InChI=1S/C24H24N4O2/c1-17(29)20-8-5-9-21(14-20)27-24(30)19-10-12-28(13-11-19)23-15-22(25-16-26-23)18-6-3-2-4-7-18/h2-9,14-16,19H,10-13H2,1H3,(H,27,30). The number of piperidine rings is 1. The molecule has 1 saturated heterocycles. The van der Waals surface area contributed by atoms with E-state index in [1.54, 1.807) is 24.5 Å². The lowest BCUT2D eigenvalue weighted by Gasteiger charge is -2.32. The molecule has 0 spiro atoms. The van der Waals surface area contributed by atoms with Crippen molar-refractivity contribution < 1.29 is 9.59 Å². The van der Waals surface area contributed by atoms with E-state index >= 15 is 0 Å². The monoisotopic (exact) mass is 400 g/mol. The van der Waals surface area contributed by atoms with Crippen LogP contribution in [0.5, 0.6) is 0 Å². The normalized spacial score (nSPS) is 14.4. The van der Waals surface area contributed by atoms with Crippen LogP contribution in [0, 0.1) is 5.92 Å². The maximum Gasteiger partial charge on any atom is 0.227 e. The molecular formula is C24H24N4O2. The second-order valence-corrected chi connectivity index (χ2v) is 7.52. The van der Waals surface area contributed by atoms with E-state index in [0.717, 1.165) is 43.0 Å². The molecule has 0 unspecified atom stereocenters. The number of nitrogens with one attached hydrogen (secondary N) is 1. The van der Waals surface area contributed by atoms with Crippen molar-refractivity contribution >= 4 is 23.2 Å². The number of aromatic nitrogens is 2. The summed E-state index contributed by atoms with van der Waals surface area (Å²) in [6.45, 7) is 3.04. The number of benzene rings is 2. The zero-order valence-electron chi connectivity index (χ0n) is 16.9. The average molecular weight is 400 g/mol. The van der Waals surface area contributed by atoms with Crippen LogP contribution in [0.3, 0.4) is 0 Å². The Morgan fingerprint density at radius 3 is 2.47 bits per heavy atom. The van der Waals surface area contributed by atoms with Crippen molar-refractivity contribution in [2.45, 2.75) is 19.8 Å². The highest BCUT2D eigenvalue weighted by molar-refractivity contribution is 5.97. The summed E-state index contributed by atoms with van der Waals surface area (Å²) in [7, 11) is 0. The number of Topliss-reactive ketones (excluding diaryl/α,β-unsaturated/α-hetero) is 1. The Labute approximate surface area is 176 Å². The summed E-state index contributed by atoms with van der Waals surface area (Å²) >= 11 is 0. The number of hydrogen-bond acceptors (Lipinski definition) is 5. The minimum atomic E-state index is -0.0577. The molecule has 1 aromatic heterocycles. The zero-order valence-corrected chi connectivity index (χ0v) is 16.9. The van der Waals surface area contributed by atoms with Crippen molar-refractivity contribution in [1.29, 1.82) is 0 Å². The van der Waals surface area contributed by atoms with Crippen LogP contribution < -0.4 is 10.2 Å². The van der Waals surface area contributed by atoms with Gasteiger partial charge in [-0.25, -0.2) is 9.97 Å². The Morgan fingerprint density at radius 2 is 1.73 bits per heavy atom. The lowest BCUT2D eigenvalue weighted by molar-refractivity contribution is -0.120. The molecule has 6 nitrogen and oxygen atoms in total. The molecule has 1 aliphatic rings. The Morgan fingerprint density at radius 1 is 0.967 bits per heavy atom.